The van der Waals surface area contributed by atoms with Gasteiger partial charge in [-0.05, 0) is 37.8 Å². The zero-order valence-electron chi connectivity index (χ0n) is 15.5. The topological polar surface area (TPSA) is 70.0 Å². The highest BCUT2D eigenvalue weighted by atomic mass is 16.5. The van der Waals surface area contributed by atoms with Crippen molar-refractivity contribution >= 4 is 5.91 Å². The third kappa shape index (κ3) is 5.21. The summed E-state index contributed by atoms with van der Waals surface area (Å²) in [5, 5.41) is 20.5. The first-order chi connectivity index (χ1) is 11.3. The van der Waals surface area contributed by atoms with Crippen LogP contribution in [-0.4, -0.2) is 53.4 Å². The van der Waals surface area contributed by atoms with E-state index in [0.29, 0.717) is 36.4 Å². The van der Waals surface area contributed by atoms with E-state index in [4.69, 9.17) is 4.74 Å². The van der Waals surface area contributed by atoms with Gasteiger partial charge in [0.25, 0.3) is 5.91 Å². The fraction of sp³-hybridized carbons (Fsp3) is 0.632. The number of rotatable bonds is 9. The van der Waals surface area contributed by atoms with Gasteiger partial charge >= 0.3 is 0 Å². The van der Waals surface area contributed by atoms with Gasteiger partial charge in [0.1, 0.15) is 5.75 Å². The van der Waals surface area contributed by atoms with E-state index in [1.165, 1.54) is 7.11 Å². The summed E-state index contributed by atoms with van der Waals surface area (Å²) in [5.74, 6) is 0.671. The van der Waals surface area contributed by atoms with Crippen molar-refractivity contribution in [2.45, 2.75) is 52.7 Å². The van der Waals surface area contributed by atoms with Crippen LogP contribution < -0.4 is 4.74 Å². The number of carbonyl (C=O) groups is 1. The summed E-state index contributed by atoms with van der Waals surface area (Å²) >= 11 is 0. The van der Waals surface area contributed by atoms with Crippen LogP contribution in [0.25, 0.3) is 0 Å². The Labute approximate surface area is 145 Å². The maximum Gasteiger partial charge on any atom is 0.257 e. The maximum absolute atomic E-state index is 12.8. The number of carbonyl (C=O) groups excluding carboxylic acids is 1. The van der Waals surface area contributed by atoms with E-state index >= 15 is 0 Å². The van der Waals surface area contributed by atoms with Gasteiger partial charge in [0.15, 0.2) is 0 Å². The molecule has 0 aliphatic heterocycles. The van der Waals surface area contributed by atoms with E-state index in [1.807, 2.05) is 33.8 Å². The van der Waals surface area contributed by atoms with Crippen molar-refractivity contribution in [3.63, 3.8) is 0 Å². The summed E-state index contributed by atoms with van der Waals surface area (Å²) < 4.78 is 5.36. The molecule has 0 aliphatic carbocycles. The van der Waals surface area contributed by atoms with Gasteiger partial charge in [0, 0.05) is 19.5 Å². The Morgan fingerprint density at radius 1 is 1.17 bits per heavy atom. The van der Waals surface area contributed by atoms with Gasteiger partial charge in [-0.2, -0.15) is 0 Å². The molecule has 0 heterocycles. The number of amides is 1. The van der Waals surface area contributed by atoms with Crippen LogP contribution >= 0.6 is 0 Å². The molecule has 2 N–H and O–H groups in total. The smallest absolute Gasteiger partial charge is 0.257 e. The lowest BCUT2D eigenvalue weighted by Crippen LogP contribution is -2.33. The van der Waals surface area contributed by atoms with Crippen LogP contribution in [0.4, 0.5) is 0 Å². The van der Waals surface area contributed by atoms with Crippen LogP contribution in [0.3, 0.4) is 0 Å². The molecule has 0 radical (unpaired) electrons. The standard InChI is InChI=1S/C19H31NO4/c1-6-20(7-2)19(23)18-14(9-8-10-17(18)24-5)12-16(22)15(21)11-13(3)4/h8-10,13,15-16,21-22H,6-7,11-12H2,1-5H3/t15-,16+/m1/s1. The van der Waals surface area contributed by atoms with E-state index in [2.05, 4.69) is 0 Å². The number of methoxy groups -OCH3 is 1. The van der Waals surface area contributed by atoms with Crippen LogP contribution in [0, 0.1) is 5.92 Å². The number of aliphatic hydroxyl groups excluding tert-OH is 2. The quantitative estimate of drug-likeness (QED) is 0.726. The summed E-state index contributed by atoms with van der Waals surface area (Å²) in [6, 6.07) is 5.36. The van der Waals surface area contributed by atoms with Crippen LogP contribution in [0.15, 0.2) is 18.2 Å². The molecule has 136 valence electrons. The molecule has 0 spiro atoms. The second-order valence-electron chi connectivity index (χ2n) is 6.44. The normalized spacial score (nSPS) is 13.7. The molecule has 5 heteroatoms. The van der Waals surface area contributed by atoms with Crippen LogP contribution in [0.1, 0.15) is 50.0 Å². The fourth-order valence-electron chi connectivity index (χ4n) is 2.83. The van der Waals surface area contributed by atoms with E-state index < -0.39 is 12.2 Å². The number of ether oxygens (including phenoxy) is 1. The van der Waals surface area contributed by atoms with Crippen LogP contribution in [0.5, 0.6) is 5.75 Å². The predicted octanol–water partition coefficient (Wildman–Crippen LogP) is 2.49. The molecule has 0 fully saturated rings. The largest absolute Gasteiger partial charge is 0.496 e. The molecule has 2 atom stereocenters. The van der Waals surface area contributed by atoms with Gasteiger partial charge in [0.2, 0.25) is 0 Å². The number of benzene rings is 1. The number of hydrogen-bond acceptors (Lipinski definition) is 4. The summed E-state index contributed by atoms with van der Waals surface area (Å²) in [4.78, 5) is 14.6. The molecular formula is C19H31NO4. The van der Waals surface area contributed by atoms with Crippen molar-refractivity contribution < 1.29 is 19.7 Å². The first-order valence-corrected chi connectivity index (χ1v) is 8.66. The van der Waals surface area contributed by atoms with Gasteiger partial charge in [-0.15, -0.1) is 0 Å². The molecule has 0 unspecified atom stereocenters. The van der Waals surface area contributed by atoms with Gasteiger partial charge in [-0.25, -0.2) is 0 Å². The Morgan fingerprint density at radius 3 is 2.29 bits per heavy atom. The minimum Gasteiger partial charge on any atom is -0.496 e. The highest BCUT2D eigenvalue weighted by Gasteiger charge is 2.25. The highest BCUT2D eigenvalue weighted by molar-refractivity contribution is 5.98. The van der Waals surface area contributed by atoms with Crippen molar-refractivity contribution in [2.24, 2.45) is 5.92 Å². The lowest BCUT2D eigenvalue weighted by atomic mass is 9.94. The SMILES string of the molecule is CCN(CC)C(=O)c1c(C[C@H](O)[C@H](O)CC(C)C)cccc1OC. The summed E-state index contributed by atoms with van der Waals surface area (Å²) in [6.07, 6.45) is -0.992. The van der Waals surface area contributed by atoms with E-state index in [0.717, 1.165) is 0 Å². The Bertz CT molecular complexity index is 526. The van der Waals surface area contributed by atoms with Crippen molar-refractivity contribution in [3.05, 3.63) is 29.3 Å². The summed E-state index contributed by atoms with van der Waals surface area (Å²) in [5.41, 5.74) is 1.17. The van der Waals surface area contributed by atoms with Crippen LogP contribution in [-0.2, 0) is 6.42 Å². The monoisotopic (exact) mass is 337 g/mol. The minimum absolute atomic E-state index is 0.113. The fourth-order valence-corrected chi connectivity index (χ4v) is 2.83. The highest BCUT2D eigenvalue weighted by Crippen LogP contribution is 2.26. The molecule has 5 nitrogen and oxygen atoms in total. The van der Waals surface area contributed by atoms with Crippen molar-refractivity contribution in [2.75, 3.05) is 20.2 Å². The van der Waals surface area contributed by atoms with E-state index in [9.17, 15) is 15.0 Å². The third-order valence-electron chi connectivity index (χ3n) is 4.18. The molecule has 1 rings (SSSR count). The zero-order valence-corrected chi connectivity index (χ0v) is 15.5. The number of nitrogens with zero attached hydrogens (tertiary/aromatic N) is 1. The molecule has 0 saturated heterocycles. The lowest BCUT2D eigenvalue weighted by Gasteiger charge is -2.24. The Hall–Kier alpha value is -1.59. The van der Waals surface area contributed by atoms with Gasteiger partial charge in [0.05, 0.1) is 24.9 Å². The Morgan fingerprint density at radius 2 is 1.79 bits per heavy atom. The maximum atomic E-state index is 12.8. The number of hydrogen-bond donors (Lipinski definition) is 2. The Kier molecular flexibility index (Phi) is 8.22. The van der Waals surface area contributed by atoms with Crippen LogP contribution in [0.2, 0.25) is 0 Å². The lowest BCUT2D eigenvalue weighted by molar-refractivity contribution is 0.00798. The number of aliphatic hydroxyl groups is 2. The third-order valence-corrected chi connectivity index (χ3v) is 4.18. The van der Waals surface area contributed by atoms with E-state index in [1.54, 1.807) is 17.0 Å². The molecule has 0 aromatic heterocycles. The van der Waals surface area contributed by atoms with Gasteiger partial charge in [-0.3, -0.25) is 4.79 Å². The van der Waals surface area contributed by atoms with Gasteiger partial charge in [-0.1, -0.05) is 26.0 Å². The molecule has 1 amide bonds. The Balaban J connectivity index is 3.13. The molecular weight excluding hydrogens is 306 g/mol. The van der Waals surface area contributed by atoms with Crippen molar-refractivity contribution in [3.8, 4) is 5.75 Å². The average molecular weight is 337 g/mol. The summed E-state index contributed by atoms with van der Waals surface area (Å²) in [6.45, 7) is 9.06. The zero-order chi connectivity index (χ0) is 18.3. The van der Waals surface area contributed by atoms with Crippen molar-refractivity contribution in [1.29, 1.82) is 0 Å². The predicted molar refractivity (Wildman–Crippen MR) is 95.4 cm³/mol. The van der Waals surface area contributed by atoms with Crippen molar-refractivity contribution in [1.82, 2.24) is 4.90 Å². The first kappa shape index (κ1) is 20.5. The molecule has 0 bridgehead atoms. The molecule has 1 aromatic carbocycles. The second kappa shape index (κ2) is 9.64. The molecule has 0 saturated carbocycles. The summed E-state index contributed by atoms with van der Waals surface area (Å²) in [7, 11) is 1.53. The second-order valence-corrected chi connectivity index (χ2v) is 6.44. The van der Waals surface area contributed by atoms with E-state index in [-0.39, 0.29) is 18.2 Å². The molecule has 1 aromatic rings. The first-order valence-electron chi connectivity index (χ1n) is 8.66. The van der Waals surface area contributed by atoms with Gasteiger partial charge < -0.3 is 19.8 Å². The average Bonchev–Trinajstić information content (AvgIpc) is 2.54. The molecule has 24 heavy (non-hydrogen) atoms. The minimum atomic E-state index is -0.914. The molecule has 0 aliphatic rings.